The summed E-state index contributed by atoms with van der Waals surface area (Å²) in [4.78, 5) is 2.42. The zero-order chi connectivity index (χ0) is 13.9. The summed E-state index contributed by atoms with van der Waals surface area (Å²) in [7, 11) is 2.22. The molecule has 3 nitrogen and oxygen atoms in total. The standard InChI is InChI=1S/C17H26N2O/c1-13-6-7-17-14(9-13)10-16(20-17)12-19(2)11-15-5-3-4-8-18-15/h6-7,9,15-16,18H,3-5,8,10-12H2,1-2H3. The quantitative estimate of drug-likeness (QED) is 0.912. The molecule has 2 unspecified atom stereocenters. The lowest BCUT2D eigenvalue weighted by atomic mass is 10.0. The van der Waals surface area contributed by atoms with Crippen molar-refractivity contribution >= 4 is 0 Å². The highest BCUT2D eigenvalue weighted by atomic mass is 16.5. The maximum Gasteiger partial charge on any atom is 0.123 e. The van der Waals surface area contributed by atoms with Gasteiger partial charge in [0, 0.05) is 25.6 Å². The van der Waals surface area contributed by atoms with Crippen LogP contribution >= 0.6 is 0 Å². The van der Waals surface area contributed by atoms with Crippen LogP contribution in [0.3, 0.4) is 0 Å². The van der Waals surface area contributed by atoms with Gasteiger partial charge in [-0.2, -0.15) is 0 Å². The Morgan fingerprint density at radius 2 is 2.20 bits per heavy atom. The van der Waals surface area contributed by atoms with Crippen LogP contribution in [0, 0.1) is 6.92 Å². The summed E-state index contributed by atoms with van der Waals surface area (Å²) in [5.41, 5.74) is 2.70. The molecule has 1 fully saturated rings. The van der Waals surface area contributed by atoms with Crippen LogP contribution in [-0.4, -0.2) is 43.7 Å². The van der Waals surface area contributed by atoms with Gasteiger partial charge in [-0.1, -0.05) is 24.1 Å². The molecular weight excluding hydrogens is 248 g/mol. The van der Waals surface area contributed by atoms with Gasteiger partial charge in [0.2, 0.25) is 0 Å². The topological polar surface area (TPSA) is 24.5 Å². The van der Waals surface area contributed by atoms with E-state index in [-0.39, 0.29) is 0 Å². The normalized spacial score (nSPS) is 25.6. The van der Waals surface area contributed by atoms with E-state index in [1.54, 1.807) is 0 Å². The van der Waals surface area contributed by atoms with Gasteiger partial charge in [-0.25, -0.2) is 0 Å². The molecule has 2 atom stereocenters. The summed E-state index contributed by atoms with van der Waals surface area (Å²) < 4.78 is 6.06. The third kappa shape index (κ3) is 3.33. The Balaban J connectivity index is 1.49. The van der Waals surface area contributed by atoms with E-state index in [9.17, 15) is 0 Å². The summed E-state index contributed by atoms with van der Waals surface area (Å²) in [5, 5.41) is 3.62. The molecule has 1 aromatic carbocycles. The van der Waals surface area contributed by atoms with Gasteiger partial charge in [-0.3, -0.25) is 0 Å². The van der Waals surface area contributed by atoms with Crippen molar-refractivity contribution < 1.29 is 4.74 Å². The SMILES string of the molecule is Cc1ccc2c(c1)CC(CN(C)CC1CCCCN1)O2. The summed E-state index contributed by atoms with van der Waals surface area (Å²) >= 11 is 0. The first-order valence-electron chi connectivity index (χ1n) is 7.89. The molecule has 3 rings (SSSR count). The summed E-state index contributed by atoms with van der Waals surface area (Å²) in [6.45, 7) is 5.48. The molecular formula is C17H26N2O. The fourth-order valence-electron chi connectivity index (χ4n) is 3.43. The van der Waals surface area contributed by atoms with Gasteiger partial charge in [0.15, 0.2) is 0 Å². The maximum absolute atomic E-state index is 6.06. The number of hydrogen-bond acceptors (Lipinski definition) is 3. The average molecular weight is 274 g/mol. The molecule has 0 aromatic heterocycles. The summed E-state index contributed by atoms with van der Waals surface area (Å²) in [6, 6.07) is 7.18. The van der Waals surface area contributed by atoms with Crippen LogP contribution in [0.1, 0.15) is 30.4 Å². The lowest BCUT2D eigenvalue weighted by Gasteiger charge is -2.29. The summed E-state index contributed by atoms with van der Waals surface area (Å²) in [6.07, 6.45) is 5.39. The molecule has 0 saturated carbocycles. The Kier molecular flexibility index (Phi) is 4.27. The highest BCUT2D eigenvalue weighted by molar-refractivity contribution is 5.40. The lowest BCUT2D eigenvalue weighted by molar-refractivity contribution is 0.156. The van der Waals surface area contributed by atoms with E-state index < -0.39 is 0 Å². The highest BCUT2D eigenvalue weighted by Crippen LogP contribution is 2.29. The number of benzene rings is 1. The largest absolute Gasteiger partial charge is 0.488 e. The van der Waals surface area contributed by atoms with Crippen molar-refractivity contribution in [3.8, 4) is 5.75 Å². The Morgan fingerprint density at radius 3 is 3.00 bits per heavy atom. The molecule has 1 aromatic rings. The van der Waals surface area contributed by atoms with E-state index >= 15 is 0 Å². The monoisotopic (exact) mass is 274 g/mol. The second-order valence-corrected chi connectivity index (χ2v) is 6.42. The number of aryl methyl sites for hydroxylation is 1. The molecule has 2 heterocycles. The Hall–Kier alpha value is -1.06. The number of rotatable bonds is 4. The molecule has 0 spiro atoms. The molecule has 0 amide bonds. The predicted molar refractivity (Wildman–Crippen MR) is 82.4 cm³/mol. The van der Waals surface area contributed by atoms with E-state index in [4.69, 9.17) is 4.74 Å². The van der Waals surface area contributed by atoms with Gasteiger partial charge in [0.25, 0.3) is 0 Å². The van der Waals surface area contributed by atoms with Crippen LogP contribution in [0.15, 0.2) is 18.2 Å². The zero-order valence-electron chi connectivity index (χ0n) is 12.7. The molecule has 3 heteroatoms. The highest BCUT2D eigenvalue weighted by Gasteiger charge is 2.25. The van der Waals surface area contributed by atoms with Gasteiger partial charge in [-0.05, 0) is 45.0 Å². The number of nitrogens with zero attached hydrogens (tertiary/aromatic N) is 1. The van der Waals surface area contributed by atoms with Gasteiger partial charge in [-0.15, -0.1) is 0 Å². The number of hydrogen-bond donors (Lipinski definition) is 1. The smallest absolute Gasteiger partial charge is 0.123 e. The molecule has 2 aliphatic rings. The van der Waals surface area contributed by atoms with Crippen molar-refractivity contribution in [2.24, 2.45) is 0 Å². The van der Waals surface area contributed by atoms with Crippen LogP contribution in [0.5, 0.6) is 5.75 Å². The van der Waals surface area contributed by atoms with Crippen molar-refractivity contribution in [1.82, 2.24) is 10.2 Å². The lowest BCUT2D eigenvalue weighted by Crippen LogP contribution is -2.44. The Bertz CT molecular complexity index is 454. The number of piperidine rings is 1. The van der Waals surface area contributed by atoms with Crippen LogP contribution in [0.25, 0.3) is 0 Å². The Labute approximate surface area is 122 Å². The molecule has 0 bridgehead atoms. The second kappa shape index (κ2) is 6.15. The van der Waals surface area contributed by atoms with Crippen molar-refractivity contribution in [3.63, 3.8) is 0 Å². The van der Waals surface area contributed by atoms with E-state index in [1.807, 2.05) is 0 Å². The van der Waals surface area contributed by atoms with Gasteiger partial charge >= 0.3 is 0 Å². The average Bonchev–Trinajstić information content (AvgIpc) is 2.80. The third-order valence-corrected chi connectivity index (χ3v) is 4.42. The fourth-order valence-corrected chi connectivity index (χ4v) is 3.43. The molecule has 0 aliphatic carbocycles. The number of ether oxygens (including phenoxy) is 1. The third-order valence-electron chi connectivity index (χ3n) is 4.42. The van der Waals surface area contributed by atoms with Crippen molar-refractivity contribution in [1.29, 1.82) is 0 Å². The van der Waals surface area contributed by atoms with Crippen LogP contribution < -0.4 is 10.1 Å². The minimum Gasteiger partial charge on any atom is -0.488 e. The first kappa shape index (κ1) is 13.9. The van der Waals surface area contributed by atoms with Crippen LogP contribution in [0.2, 0.25) is 0 Å². The van der Waals surface area contributed by atoms with Crippen molar-refractivity contribution in [3.05, 3.63) is 29.3 Å². The minimum atomic E-state index is 0.320. The molecule has 1 saturated heterocycles. The Morgan fingerprint density at radius 1 is 1.30 bits per heavy atom. The minimum absolute atomic E-state index is 0.320. The molecule has 110 valence electrons. The van der Waals surface area contributed by atoms with E-state index in [2.05, 4.69) is 42.4 Å². The maximum atomic E-state index is 6.06. The number of fused-ring (bicyclic) bond motifs is 1. The van der Waals surface area contributed by atoms with E-state index in [0.717, 1.165) is 25.3 Å². The molecule has 20 heavy (non-hydrogen) atoms. The molecule has 2 aliphatic heterocycles. The molecule has 1 N–H and O–H groups in total. The van der Waals surface area contributed by atoms with E-state index in [1.165, 1.54) is 36.9 Å². The van der Waals surface area contributed by atoms with Crippen LogP contribution in [-0.2, 0) is 6.42 Å². The number of likely N-dealkylation sites (N-methyl/N-ethyl adjacent to an activating group) is 1. The predicted octanol–water partition coefficient (Wildman–Crippen LogP) is 2.37. The zero-order valence-corrected chi connectivity index (χ0v) is 12.7. The van der Waals surface area contributed by atoms with Gasteiger partial charge in [0.1, 0.15) is 11.9 Å². The van der Waals surface area contributed by atoms with E-state index in [0.29, 0.717) is 12.1 Å². The summed E-state index contributed by atoms with van der Waals surface area (Å²) in [5.74, 6) is 1.09. The number of nitrogens with one attached hydrogen (secondary N) is 1. The van der Waals surface area contributed by atoms with Crippen molar-refractivity contribution in [2.75, 3.05) is 26.7 Å². The van der Waals surface area contributed by atoms with Gasteiger partial charge < -0.3 is 15.0 Å². The first-order chi connectivity index (χ1) is 9.70. The van der Waals surface area contributed by atoms with Gasteiger partial charge in [0.05, 0.1) is 0 Å². The van der Waals surface area contributed by atoms with Crippen LogP contribution in [0.4, 0.5) is 0 Å². The fraction of sp³-hybridized carbons (Fsp3) is 0.647. The molecule has 0 radical (unpaired) electrons. The second-order valence-electron chi connectivity index (χ2n) is 6.42. The van der Waals surface area contributed by atoms with Crippen molar-refractivity contribution in [2.45, 2.75) is 44.8 Å². The first-order valence-corrected chi connectivity index (χ1v) is 7.89.